The molecule has 218 valence electrons. The number of halogens is 1. The molecular weight excluding hydrogens is 656 g/mol. The van der Waals surface area contributed by atoms with Crippen molar-refractivity contribution in [3.8, 4) is 11.5 Å². The number of imide groups is 1. The zero-order valence-corrected chi connectivity index (χ0v) is 26.2. The largest absolute Gasteiger partial charge is 0.504 e. The second-order valence-electron chi connectivity index (χ2n) is 11.0. The number of likely N-dealkylation sites (tertiary alicyclic amines) is 1. The second kappa shape index (κ2) is 13.0. The number of phenols is 1. The van der Waals surface area contributed by atoms with Gasteiger partial charge in [-0.05, 0) is 101 Å². The van der Waals surface area contributed by atoms with Gasteiger partial charge < -0.3 is 24.6 Å². The van der Waals surface area contributed by atoms with E-state index in [1.54, 1.807) is 0 Å². The van der Waals surface area contributed by atoms with E-state index >= 15 is 0 Å². The van der Waals surface area contributed by atoms with Crippen molar-refractivity contribution in [1.29, 1.82) is 0 Å². The Morgan fingerprint density at radius 2 is 2.07 bits per heavy atom. The highest BCUT2D eigenvalue weighted by molar-refractivity contribution is 14.1. The van der Waals surface area contributed by atoms with Crippen LogP contribution in [0.4, 0.5) is 0 Å². The number of ether oxygens (including phenoxy) is 1. The Hall–Kier alpha value is -2.19. The maximum atomic E-state index is 13.7. The highest BCUT2D eigenvalue weighted by Gasteiger charge is 2.57. The summed E-state index contributed by atoms with van der Waals surface area (Å²) >= 11 is 3.59. The molecule has 1 aliphatic carbocycles. The number of hydrogen-bond donors (Lipinski definition) is 3. The van der Waals surface area contributed by atoms with Gasteiger partial charge in [-0.2, -0.15) is 0 Å². The lowest BCUT2D eigenvalue weighted by Crippen LogP contribution is -2.46. The lowest BCUT2D eigenvalue weighted by atomic mass is 9.58. The van der Waals surface area contributed by atoms with Gasteiger partial charge in [0.1, 0.15) is 0 Å². The first kappa shape index (κ1) is 30.3. The smallest absolute Gasteiger partial charge is 0.455 e. The van der Waals surface area contributed by atoms with Gasteiger partial charge in [0.05, 0.1) is 41.8 Å². The van der Waals surface area contributed by atoms with Crippen LogP contribution in [0.15, 0.2) is 46.4 Å². The molecule has 3 heterocycles. The Morgan fingerprint density at radius 1 is 1.27 bits per heavy atom. The number of aromatic hydroxyl groups is 1. The van der Waals surface area contributed by atoms with Crippen molar-refractivity contribution >= 4 is 58.9 Å². The van der Waals surface area contributed by atoms with Crippen LogP contribution >= 0.6 is 33.9 Å². The third-order valence-corrected chi connectivity index (χ3v) is 10.1. The number of phenolic OH excluding ortho intramolecular Hbond substituents is 1. The fourth-order valence-corrected chi connectivity index (χ4v) is 7.98. The molecule has 1 aromatic carbocycles. The maximum Gasteiger partial charge on any atom is 0.455 e. The average molecular weight is 691 g/mol. The Kier molecular flexibility index (Phi) is 9.59. The van der Waals surface area contributed by atoms with Crippen LogP contribution in [-0.4, -0.2) is 58.9 Å². The molecule has 3 aliphatic rings. The first-order chi connectivity index (χ1) is 19.7. The molecule has 1 aromatic heterocycles. The minimum Gasteiger partial charge on any atom is -0.504 e. The molecule has 2 amide bonds. The van der Waals surface area contributed by atoms with Crippen LogP contribution in [0.3, 0.4) is 0 Å². The van der Waals surface area contributed by atoms with Crippen LogP contribution in [0.2, 0.25) is 6.32 Å². The minimum atomic E-state index is -1.05. The maximum absolute atomic E-state index is 13.7. The topological polar surface area (TPSA) is 117 Å². The van der Waals surface area contributed by atoms with E-state index in [0.29, 0.717) is 28.6 Å². The van der Waals surface area contributed by atoms with E-state index < -0.39 is 25.1 Å². The number of nitrogens with zero attached hydrogens (tertiary/aromatic N) is 1. The van der Waals surface area contributed by atoms with Crippen molar-refractivity contribution in [3.05, 3.63) is 60.4 Å². The predicted molar refractivity (Wildman–Crippen MR) is 166 cm³/mol. The van der Waals surface area contributed by atoms with Crippen molar-refractivity contribution in [3.63, 3.8) is 0 Å². The highest BCUT2D eigenvalue weighted by Crippen LogP contribution is 2.51. The van der Waals surface area contributed by atoms with Crippen molar-refractivity contribution < 1.29 is 34.2 Å². The van der Waals surface area contributed by atoms with Gasteiger partial charge in [-0.1, -0.05) is 31.1 Å². The fourth-order valence-electron chi connectivity index (χ4n) is 6.66. The van der Waals surface area contributed by atoms with Crippen LogP contribution in [0, 0.1) is 21.3 Å². The SMILES string of the molecule is CCC/C(=C\c1cc(I)c(O)c(OC)c1)CC[C@H]1OB(O)C[C@H]2C1=C(CO)C[C@H]1C(=O)N(Cc3cccs3)C(=O)[C@H]12. The summed E-state index contributed by atoms with van der Waals surface area (Å²) in [6, 6.07) is 7.54. The number of carbonyl (C=O) groups is 2. The Morgan fingerprint density at radius 3 is 2.76 bits per heavy atom. The van der Waals surface area contributed by atoms with Gasteiger partial charge in [0.25, 0.3) is 0 Å². The summed E-state index contributed by atoms with van der Waals surface area (Å²) in [7, 11) is 0.474. The number of hydrogen-bond acceptors (Lipinski definition) is 8. The molecule has 2 fully saturated rings. The normalized spacial score (nSPS) is 24.7. The molecule has 5 rings (SSSR count). The number of carbonyl (C=O) groups excluding carboxylic acids is 2. The first-order valence-corrected chi connectivity index (χ1v) is 16.0. The molecule has 11 heteroatoms. The molecule has 0 radical (unpaired) electrons. The molecule has 2 saturated heterocycles. The van der Waals surface area contributed by atoms with E-state index in [-0.39, 0.29) is 43.0 Å². The molecule has 3 N–H and O–H groups in total. The molecule has 4 atom stereocenters. The van der Waals surface area contributed by atoms with E-state index in [1.807, 2.05) is 29.6 Å². The standard InChI is InChI=1S/C30H35BINO7S/c1-3-5-17(10-18-11-23(32)28(35)25(12-18)39-2)7-8-24-26-19(16-34)13-21-27(22(26)14-31(38)40-24)30(37)33(29(21)36)15-20-6-4-9-41-20/h4,6,9-12,21-22,24,27,34-35,38H,3,5,7-8,13-16H2,1-2H3/b17-10+/t21-,22+,24-,27-/m1/s1. The summed E-state index contributed by atoms with van der Waals surface area (Å²) in [6.45, 7) is 2.17. The summed E-state index contributed by atoms with van der Waals surface area (Å²) in [5.74, 6) is -1.27. The van der Waals surface area contributed by atoms with E-state index in [0.717, 1.165) is 34.4 Å². The van der Waals surface area contributed by atoms with Gasteiger partial charge in [-0.3, -0.25) is 14.5 Å². The molecule has 8 nitrogen and oxygen atoms in total. The lowest BCUT2D eigenvalue weighted by Gasteiger charge is -2.43. The van der Waals surface area contributed by atoms with Crippen LogP contribution in [0.25, 0.3) is 6.08 Å². The van der Waals surface area contributed by atoms with Crippen LogP contribution in [-0.2, 0) is 20.8 Å². The van der Waals surface area contributed by atoms with Crippen molar-refractivity contribution in [2.45, 2.75) is 58.0 Å². The number of rotatable bonds is 10. The van der Waals surface area contributed by atoms with Crippen LogP contribution in [0.5, 0.6) is 11.5 Å². The second-order valence-corrected chi connectivity index (χ2v) is 13.2. The quantitative estimate of drug-likeness (QED) is 0.139. The first-order valence-electron chi connectivity index (χ1n) is 14.0. The number of fused-ring (bicyclic) bond motifs is 3. The van der Waals surface area contributed by atoms with Gasteiger partial charge in [-0.15, -0.1) is 11.3 Å². The molecule has 0 bridgehead atoms. The summed E-state index contributed by atoms with van der Waals surface area (Å²) in [5.41, 5.74) is 3.75. The Labute approximate surface area is 258 Å². The van der Waals surface area contributed by atoms with Gasteiger partial charge >= 0.3 is 7.12 Å². The number of amides is 2. The Balaban J connectivity index is 1.40. The molecular formula is C30H35BINO7S. The third-order valence-electron chi connectivity index (χ3n) is 8.42. The summed E-state index contributed by atoms with van der Waals surface area (Å²) < 4.78 is 12.1. The molecule has 0 saturated carbocycles. The van der Waals surface area contributed by atoms with Crippen molar-refractivity contribution in [1.82, 2.24) is 4.90 Å². The number of thiophene rings is 1. The lowest BCUT2D eigenvalue weighted by molar-refractivity contribution is -0.140. The van der Waals surface area contributed by atoms with Crippen molar-refractivity contribution in [2.75, 3.05) is 13.7 Å². The van der Waals surface area contributed by atoms with Crippen LogP contribution in [0.1, 0.15) is 49.5 Å². The number of benzene rings is 1. The fraction of sp³-hybridized carbons (Fsp3) is 0.467. The summed E-state index contributed by atoms with van der Waals surface area (Å²) in [5, 5.41) is 33.3. The van der Waals surface area contributed by atoms with Gasteiger partial charge in [0, 0.05) is 4.88 Å². The van der Waals surface area contributed by atoms with Crippen LogP contribution < -0.4 is 4.74 Å². The van der Waals surface area contributed by atoms with E-state index in [4.69, 9.17) is 9.39 Å². The van der Waals surface area contributed by atoms with E-state index in [2.05, 4.69) is 35.6 Å². The summed E-state index contributed by atoms with van der Waals surface area (Å²) in [6.07, 6.45) is 5.26. The summed E-state index contributed by atoms with van der Waals surface area (Å²) in [4.78, 5) is 29.4. The Bertz CT molecular complexity index is 1360. The van der Waals surface area contributed by atoms with E-state index in [1.165, 1.54) is 28.9 Å². The molecule has 0 spiro atoms. The molecule has 0 unspecified atom stereocenters. The number of allylic oxidation sites excluding steroid dienone is 1. The van der Waals surface area contributed by atoms with E-state index in [9.17, 15) is 24.8 Å². The number of aliphatic hydroxyl groups is 1. The predicted octanol–water partition coefficient (Wildman–Crippen LogP) is 5.02. The van der Waals surface area contributed by atoms with Gasteiger partial charge in [-0.25, -0.2) is 0 Å². The van der Waals surface area contributed by atoms with Crippen molar-refractivity contribution in [2.24, 2.45) is 17.8 Å². The zero-order valence-electron chi connectivity index (χ0n) is 23.2. The van der Waals surface area contributed by atoms with Gasteiger partial charge in [0.2, 0.25) is 11.8 Å². The monoisotopic (exact) mass is 691 g/mol. The highest BCUT2D eigenvalue weighted by atomic mass is 127. The molecule has 2 aromatic rings. The van der Waals surface area contributed by atoms with Gasteiger partial charge in [0.15, 0.2) is 11.5 Å². The minimum absolute atomic E-state index is 0.117. The molecule has 2 aliphatic heterocycles. The number of methoxy groups -OCH3 is 1. The average Bonchev–Trinajstić information content (AvgIpc) is 3.55. The third kappa shape index (κ3) is 6.15. The number of aliphatic hydroxyl groups excluding tert-OH is 1. The zero-order chi connectivity index (χ0) is 29.3. The molecule has 41 heavy (non-hydrogen) atoms.